The molecular formula is C12H14N3OS+. The van der Waals surface area contributed by atoms with Crippen LogP contribution in [0, 0.1) is 0 Å². The maximum atomic E-state index is 11.4. The van der Waals surface area contributed by atoms with Crippen molar-refractivity contribution in [1.82, 2.24) is 0 Å². The Morgan fingerprint density at radius 3 is 2.53 bits per heavy atom. The number of rotatable bonds is 2. The van der Waals surface area contributed by atoms with E-state index in [4.69, 9.17) is 5.84 Å². The number of nitrogens with zero attached hydrogens (tertiary/aromatic N) is 2. The Hall–Kier alpha value is -1.59. The van der Waals surface area contributed by atoms with E-state index in [1.807, 2.05) is 37.3 Å². The number of benzene rings is 1. The second-order valence-corrected chi connectivity index (χ2v) is 5.15. The van der Waals surface area contributed by atoms with E-state index >= 15 is 0 Å². The summed E-state index contributed by atoms with van der Waals surface area (Å²) in [5.41, 5.74) is 1.96. The van der Waals surface area contributed by atoms with Gasteiger partial charge in [-0.2, -0.15) is 4.48 Å². The molecule has 1 aromatic rings. The van der Waals surface area contributed by atoms with Crippen molar-refractivity contribution in [3.8, 4) is 0 Å². The number of thioether (sulfide) groups is 1. The molecule has 4 nitrogen and oxygen atoms in total. The highest BCUT2D eigenvalue weighted by Gasteiger charge is 2.44. The lowest BCUT2D eigenvalue weighted by molar-refractivity contribution is -0.643. The van der Waals surface area contributed by atoms with Gasteiger partial charge in [-0.05, 0) is 30.8 Å². The molecule has 1 amide bonds. The first-order valence-electron chi connectivity index (χ1n) is 5.19. The molecule has 1 aliphatic rings. The van der Waals surface area contributed by atoms with Crippen molar-refractivity contribution < 1.29 is 9.28 Å². The number of hydrazone groups is 1. The number of amidine groups is 1. The lowest BCUT2D eigenvalue weighted by atomic mass is 10.1. The third kappa shape index (κ3) is 1.77. The lowest BCUT2D eigenvalue weighted by Crippen LogP contribution is -2.42. The summed E-state index contributed by atoms with van der Waals surface area (Å²) in [4.78, 5) is 12.5. The van der Waals surface area contributed by atoms with Gasteiger partial charge in [0.05, 0.1) is 12.0 Å². The topological polar surface area (TPSA) is 55.5 Å². The molecule has 0 saturated heterocycles. The Kier molecular flexibility index (Phi) is 3.04. The number of amides is 1. The van der Waals surface area contributed by atoms with E-state index in [0.29, 0.717) is 5.17 Å². The van der Waals surface area contributed by atoms with Gasteiger partial charge in [0.15, 0.2) is 5.70 Å². The molecule has 0 spiro atoms. The van der Waals surface area contributed by atoms with Gasteiger partial charge in [-0.15, -0.1) is 5.10 Å². The van der Waals surface area contributed by atoms with E-state index in [-0.39, 0.29) is 4.48 Å². The Morgan fingerprint density at radius 2 is 2.00 bits per heavy atom. The molecular weight excluding hydrogens is 234 g/mol. The molecule has 1 unspecified atom stereocenters. The number of hydrogen-bond acceptors (Lipinski definition) is 4. The molecule has 2 N–H and O–H groups in total. The summed E-state index contributed by atoms with van der Waals surface area (Å²) in [6.07, 6.45) is 0.859. The van der Waals surface area contributed by atoms with Crippen LogP contribution in [0.3, 0.4) is 0 Å². The summed E-state index contributed by atoms with van der Waals surface area (Å²) in [5, 5.41) is 4.31. The van der Waals surface area contributed by atoms with Gasteiger partial charge in [-0.3, -0.25) is 0 Å². The van der Waals surface area contributed by atoms with Crippen LogP contribution in [0.25, 0.3) is 5.70 Å². The molecule has 1 atom stereocenters. The second-order valence-electron chi connectivity index (χ2n) is 3.97. The molecule has 0 bridgehead atoms. The van der Waals surface area contributed by atoms with Crippen LogP contribution in [-0.4, -0.2) is 23.1 Å². The predicted molar refractivity (Wildman–Crippen MR) is 70.5 cm³/mol. The van der Waals surface area contributed by atoms with Crippen molar-refractivity contribution in [2.45, 2.75) is 6.92 Å². The molecule has 1 heterocycles. The average molecular weight is 248 g/mol. The van der Waals surface area contributed by atoms with Gasteiger partial charge < -0.3 is 5.84 Å². The molecule has 1 aromatic carbocycles. The van der Waals surface area contributed by atoms with Gasteiger partial charge >= 0.3 is 6.41 Å². The quantitative estimate of drug-likeness (QED) is 0.377. The summed E-state index contributed by atoms with van der Waals surface area (Å²) >= 11 is 1.45. The third-order valence-electron chi connectivity index (χ3n) is 2.81. The fourth-order valence-corrected chi connectivity index (χ4v) is 3.07. The second kappa shape index (κ2) is 4.35. The van der Waals surface area contributed by atoms with Gasteiger partial charge in [0, 0.05) is 5.56 Å². The molecule has 0 saturated carbocycles. The molecule has 0 aliphatic carbocycles. The van der Waals surface area contributed by atoms with Crippen LogP contribution in [0.4, 0.5) is 0 Å². The van der Waals surface area contributed by atoms with Gasteiger partial charge in [0.2, 0.25) is 0 Å². The number of carbonyl (C=O) groups excluding carboxylic acids is 1. The zero-order valence-electron chi connectivity index (χ0n) is 9.75. The standard InChI is InChI=1S/C12H14N3OS/c1-9-11(10-6-4-3-5-7-10)15(2,8-16)12(14-13)17-9/h3-8H,13H2,1-2H3/q+1. The van der Waals surface area contributed by atoms with Crippen LogP contribution < -0.4 is 5.84 Å². The summed E-state index contributed by atoms with van der Waals surface area (Å²) in [6.45, 7) is 1.98. The minimum absolute atomic E-state index is 0.0109. The lowest BCUT2D eigenvalue weighted by Gasteiger charge is -2.22. The fourth-order valence-electron chi connectivity index (χ4n) is 2.01. The molecule has 88 valence electrons. The largest absolute Gasteiger partial charge is 0.317 e. The van der Waals surface area contributed by atoms with Crippen LogP contribution in [-0.2, 0) is 4.79 Å². The first-order chi connectivity index (χ1) is 8.13. The number of carbonyl (C=O) groups is 1. The maximum Gasteiger partial charge on any atom is 0.313 e. The van der Waals surface area contributed by atoms with Crippen LogP contribution in [0.1, 0.15) is 12.5 Å². The monoisotopic (exact) mass is 248 g/mol. The van der Waals surface area contributed by atoms with Crippen molar-refractivity contribution in [1.29, 1.82) is 0 Å². The van der Waals surface area contributed by atoms with Crippen LogP contribution in [0.5, 0.6) is 0 Å². The molecule has 0 radical (unpaired) electrons. The van der Waals surface area contributed by atoms with E-state index in [2.05, 4.69) is 5.10 Å². The maximum absolute atomic E-state index is 11.4. The van der Waals surface area contributed by atoms with Gasteiger partial charge in [0.1, 0.15) is 0 Å². The summed E-state index contributed by atoms with van der Waals surface area (Å²) < 4.78 is 0.0109. The van der Waals surface area contributed by atoms with Crippen molar-refractivity contribution >= 4 is 29.0 Å². The van der Waals surface area contributed by atoms with E-state index in [1.54, 1.807) is 7.05 Å². The van der Waals surface area contributed by atoms with Gasteiger partial charge in [-0.25, -0.2) is 4.79 Å². The number of hydrogen-bond donors (Lipinski definition) is 1. The van der Waals surface area contributed by atoms with E-state index in [0.717, 1.165) is 22.6 Å². The van der Waals surface area contributed by atoms with Crippen LogP contribution >= 0.6 is 11.8 Å². The van der Waals surface area contributed by atoms with Gasteiger partial charge in [-0.1, -0.05) is 18.2 Å². The van der Waals surface area contributed by atoms with Crippen LogP contribution in [0.2, 0.25) is 0 Å². The van der Waals surface area contributed by atoms with Crippen molar-refractivity contribution in [3.63, 3.8) is 0 Å². The highest BCUT2D eigenvalue weighted by atomic mass is 32.2. The third-order valence-corrected chi connectivity index (χ3v) is 3.98. The minimum Gasteiger partial charge on any atom is -0.317 e. The summed E-state index contributed by atoms with van der Waals surface area (Å²) in [6, 6.07) is 9.82. The van der Waals surface area contributed by atoms with Crippen LogP contribution in [0.15, 0.2) is 40.3 Å². The Morgan fingerprint density at radius 1 is 1.35 bits per heavy atom. The fraction of sp³-hybridized carbons (Fsp3) is 0.167. The number of nitrogens with two attached hydrogens (primary N) is 1. The zero-order valence-corrected chi connectivity index (χ0v) is 10.6. The average Bonchev–Trinajstić information content (AvgIpc) is 2.62. The number of allylic oxidation sites excluding steroid dienone is 1. The molecule has 17 heavy (non-hydrogen) atoms. The molecule has 0 fully saturated rings. The molecule has 1 aliphatic heterocycles. The van der Waals surface area contributed by atoms with E-state index < -0.39 is 0 Å². The first kappa shape index (κ1) is 11.9. The number of quaternary nitrogens is 1. The Balaban J connectivity index is 2.60. The smallest absolute Gasteiger partial charge is 0.313 e. The zero-order chi connectivity index (χ0) is 12.5. The van der Waals surface area contributed by atoms with Crippen molar-refractivity contribution in [2.24, 2.45) is 10.9 Å². The van der Waals surface area contributed by atoms with Gasteiger partial charge in [0.25, 0.3) is 5.17 Å². The first-order valence-corrected chi connectivity index (χ1v) is 6.01. The SMILES string of the molecule is CC1=C(c2ccccc2)[N+](C)(C=O)C(=NN)S1. The minimum atomic E-state index is 0.0109. The molecule has 0 aromatic heterocycles. The molecule has 2 rings (SSSR count). The predicted octanol–water partition coefficient (Wildman–Crippen LogP) is 1.95. The van der Waals surface area contributed by atoms with E-state index in [1.165, 1.54) is 11.8 Å². The van der Waals surface area contributed by atoms with Crippen molar-refractivity contribution in [2.75, 3.05) is 7.05 Å². The Bertz CT molecular complexity index is 510. The summed E-state index contributed by atoms with van der Waals surface area (Å²) in [7, 11) is 1.80. The highest BCUT2D eigenvalue weighted by Crippen LogP contribution is 2.43. The molecule has 5 heteroatoms. The Labute approximate surface area is 104 Å². The highest BCUT2D eigenvalue weighted by molar-refractivity contribution is 8.17. The normalized spacial score (nSPS) is 26.6. The summed E-state index contributed by atoms with van der Waals surface area (Å²) in [5.74, 6) is 5.35. The van der Waals surface area contributed by atoms with Crippen molar-refractivity contribution in [3.05, 3.63) is 40.8 Å². The van der Waals surface area contributed by atoms with E-state index in [9.17, 15) is 4.79 Å².